The lowest BCUT2D eigenvalue weighted by molar-refractivity contribution is -0.126. The van der Waals surface area contributed by atoms with E-state index in [1.54, 1.807) is 36.4 Å². The Hall–Kier alpha value is -2.80. The molecule has 2 N–H and O–H groups in total. The Balaban J connectivity index is 1.60. The van der Waals surface area contributed by atoms with Gasteiger partial charge in [-0.05, 0) is 48.7 Å². The second-order valence-electron chi connectivity index (χ2n) is 10.3. The highest BCUT2D eigenvalue weighted by atomic mass is 32.1. The molecule has 0 amide bonds. The van der Waals surface area contributed by atoms with E-state index >= 15 is 0 Å². The number of hydrogen-bond acceptors (Lipinski definition) is 6. The summed E-state index contributed by atoms with van der Waals surface area (Å²) in [5.41, 5.74) is 1.11. The minimum absolute atomic E-state index is 0.0468. The first-order valence-corrected chi connectivity index (χ1v) is 16.7. The van der Waals surface area contributed by atoms with Crippen LogP contribution in [0.1, 0.15) is 30.7 Å². The van der Waals surface area contributed by atoms with Gasteiger partial charge in [0.05, 0.1) is 40.0 Å². The van der Waals surface area contributed by atoms with Gasteiger partial charge in [-0.15, -0.1) is 11.3 Å². The molecule has 5 nitrogen and oxygen atoms in total. The third-order valence-corrected chi connectivity index (χ3v) is 12.0. The molecule has 0 aliphatic carbocycles. The smallest absolute Gasteiger partial charge is 0.393 e. The van der Waals surface area contributed by atoms with Gasteiger partial charge in [-0.3, -0.25) is 0 Å². The summed E-state index contributed by atoms with van der Waals surface area (Å²) < 4.78 is 87.4. The SMILES string of the molecule is CCP(=O)(CC)c1ccc(NCC#Cc2sc3c(N[C@@H]4CCN(C)C[C@H]4F)cccc3c2CC(F)(F)F)c(OCF)c1. The fraction of sp³-hybridized carbons (Fsp3) is 0.467. The average Bonchev–Trinajstić information content (AvgIpc) is 3.29. The van der Waals surface area contributed by atoms with Crippen LogP contribution in [0.4, 0.5) is 33.3 Å². The van der Waals surface area contributed by atoms with Gasteiger partial charge in [0.2, 0.25) is 6.86 Å². The van der Waals surface area contributed by atoms with Gasteiger partial charge in [0, 0.05) is 30.7 Å². The highest BCUT2D eigenvalue weighted by Crippen LogP contribution is 2.45. The van der Waals surface area contributed by atoms with Crippen molar-refractivity contribution in [2.45, 2.75) is 45.1 Å². The first-order valence-electron chi connectivity index (χ1n) is 13.8. The number of nitrogens with one attached hydrogen (secondary N) is 2. The fourth-order valence-corrected chi connectivity index (χ4v) is 8.17. The monoisotopic (exact) mass is 627 g/mol. The minimum atomic E-state index is -4.44. The largest absolute Gasteiger partial charge is 0.461 e. The van der Waals surface area contributed by atoms with E-state index in [0.29, 0.717) is 52.1 Å². The highest BCUT2D eigenvalue weighted by Gasteiger charge is 2.32. The summed E-state index contributed by atoms with van der Waals surface area (Å²) in [6, 6.07) is 9.55. The normalized spacial score (nSPS) is 18.0. The van der Waals surface area contributed by atoms with Gasteiger partial charge in [0.25, 0.3) is 0 Å². The van der Waals surface area contributed by atoms with E-state index < -0.39 is 38.8 Å². The molecule has 0 unspecified atom stereocenters. The Morgan fingerprint density at radius 1 is 1.17 bits per heavy atom. The molecule has 0 spiro atoms. The Morgan fingerprint density at radius 3 is 2.60 bits per heavy atom. The number of hydrogen-bond donors (Lipinski definition) is 2. The second-order valence-corrected chi connectivity index (χ2v) is 14.9. The van der Waals surface area contributed by atoms with Crippen molar-refractivity contribution >= 4 is 45.2 Å². The lowest BCUT2D eigenvalue weighted by atomic mass is 10.0. The molecule has 1 aliphatic rings. The quantitative estimate of drug-likeness (QED) is 0.141. The van der Waals surface area contributed by atoms with Gasteiger partial charge in [-0.2, -0.15) is 13.2 Å². The fourth-order valence-electron chi connectivity index (χ4n) is 5.12. The van der Waals surface area contributed by atoms with Crippen LogP contribution in [-0.2, 0) is 11.0 Å². The zero-order valence-corrected chi connectivity index (χ0v) is 25.5. The molecule has 4 rings (SSSR count). The number of alkyl halides is 5. The topological polar surface area (TPSA) is 53.6 Å². The first kappa shape index (κ1) is 32.1. The molecular weight excluding hydrogens is 592 g/mol. The molecule has 1 aromatic heterocycles. The van der Waals surface area contributed by atoms with Crippen LogP contribution in [-0.4, -0.2) is 69.2 Å². The van der Waals surface area contributed by atoms with Gasteiger partial charge in [0.15, 0.2) is 0 Å². The predicted molar refractivity (Wildman–Crippen MR) is 163 cm³/mol. The zero-order valence-electron chi connectivity index (χ0n) is 23.8. The molecule has 42 heavy (non-hydrogen) atoms. The van der Waals surface area contributed by atoms with Crippen LogP contribution < -0.4 is 20.7 Å². The Bertz CT molecular complexity index is 1490. The number of benzene rings is 2. The predicted octanol–water partition coefficient (Wildman–Crippen LogP) is 7.26. The number of likely N-dealkylation sites (tertiary alicyclic amines) is 1. The van der Waals surface area contributed by atoms with Crippen molar-refractivity contribution in [3.63, 3.8) is 0 Å². The molecule has 1 fully saturated rings. The van der Waals surface area contributed by atoms with Gasteiger partial charge in [-0.25, -0.2) is 8.78 Å². The number of nitrogens with zero attached hydrogens (tertiary/aromatic N) is 1. The molecule has 0 bridgehead atoms. The molecular formula is C30H35F5N3O2PS. The van der Waals surface area contributed by atoms with E-state index in [2.05, 4.69) is 22.5 Å². The molecule has 228 valence electrons. The van der Waals surface area contributed by atoms with Crippen molar-refractivity contribution in [2.24, 2.45) is 0 Å². The van der Waals surface area contributed by atoms with Gasteiger partial charge < -0.3 is 24.8 Å². The second kappa shape index (κ2) is 13.7. The van der Waals surface area contributed by atoms with Crippen LogP contribution in [0.2, 0.25) is 0 Å². The summed E-state index contributed by atoms with van der Waals surface area (Å²) in [5.74, 6) is 5.95. The maximum Gasteiger partial charge on any atom is 0.393 e. The summed E-state index contributed by atoms with van der Waals surface area (Å²) in [7, 11) is -0.758. The lowest BCUT2D eigenvalue weighted by Crippen LogP contribution is -2.46. The van der Waals surface area contributed by atoms with Crippen LogP contribution in [0.5, 0.6) is 5.75 Å². The third-order valence-electron chi connectivity index (χ3n) is 7.52. The van der Waals surface area contributed by atoms with E-state index in [1.165, 1.54) is 0 Å². The van der Waals surface area contributed by atoms with Crippen molar-refractivity contribution in [1.82, 2.24) is 4.90 Å². The van der Waals surface area contributed by atoms with Crippen molar-refractivity contribution in [2.75, 3.05) is 56.5 Å². The van der Waals surface area contributed by atoms with Gasteiger partial charge in [-0.1, -0.05) is 37.8 Å². The molecule has 2 atom stereocenters. The summed E-state index contributed by atoms with van der Waals surface area (Å²) in [4.78, 5) is 2.19. The van der Waals surface area contributed by atoms with Crippen LogP contribution >= 0.6 is 18.5 Å². The van der Waals surface area contributed by atoms with Crippen LogP contribution in [0, 0.1) is 11.8 Å². The summed E-state index contributed by atoms with van der Waals surface area (Å²) in [5, 5.41) is 7.29. The molecule has 3 aromatic rings. The van der Waals surface area contributed by atoms with E-state index in [4.69, 9.17) is 4.74 Å². The maximum atomic E-state index is 14.7. The maximum absolute atomic E-state index is 14.7. The number of ether oxygens (including phenoxy) is 1. The summed E-state index contributed by atoms with van der Waals surface area (Å²) in [6.07, 6.45) is -5.17. The summed E-state index contributed by atoms with van der Waals surface area (Å²) in [6.45, 7) is 3.66. The number of halogens is 5. The molecule has 1 aliphatic heterocycles. The van der Waals surface area contributed by atoms with Gasteiger partial charge in [0.1, 0.15) is 19.1 Å². The van der Waals surface area contributed by atoms with Crippen LogP contribution in [0.25, 0.3) is 10.1 Å². The van der Waals surface area contributed by atoms with E-state index in [0.717, 1.165) is 17.9 Å². The van der Waals surface area contributed by atoms with Crippen molar-refractivity contribution < 1.29 is 31.3 Å². The van der Waals surface area contributed by atoms with Crippen molar-refractivity contribution in [1.29, 1.82) is 0 Å². The average molecular weight is 628 g/mol. The van der Waals surface area contributed by atoms with Crippen LogP contribution in [0.15, 0.2) is 36.4 Å². The Kier molecular flexibility index (Phi) is 10.4. The first-order chi connectivity index (χ1) is 20.0. The molecule has 0 saturated carbocycles. The summed E-state index contributed by atoms with van der Waals surface area (Å²) >= 11 is 1.15. The lowest BCUT2D eigenvalue weighted by Gasteiger charge is -2.33. The molecule has 2 heterocycles. The van der Waals surface area contributed by atoms with Crippen molar-refractivity contribution in [3.8, 4) is 17.6 Å². The number of thiophene rings is 1. The van der Waals surface area contributed by atoms with Gasteiger partial charge >= 0.3 is 6.18 Å². The van der Waals surface area contributed by atoms with Crippen LogP contribution in [0.3, 0.4) is 0 Å². The number of piperidine rings is 1. The number of anilines is 2. The Morgan fingerprint density at radius 2 is 1.93 bits per heavy atom. The third kappa shape index (κ3) is 7.58. The van der Waals surface area contributed by atoms with Crippen molar-refractivity contribution in [3.05, 3.63) is 46.8 Å². The molecule has 0 radical (unpaired) electrons. The molecule has 12 heteroatoms. The van der Waals surface area contributed by atoms with E-state index in [1.807, 2.05) is 25.8 Å². The number of rotatable bonds is 10. The Labute approximate surface area is 247 Å². The van der Waals surface area contributed by atoms with E-state index in [-0.39, 0.29) is 22.7 Å². The standard InChI is InChI=1S/C30H35F5N3O2PS/c1-4-41(39,5-2)20-11-12-25(27(16-20)40-19-31)36-14-7-10-28-22(17-30(33,34)35)21-8-6-9-26(29(21)42-28)37-24-13-15-38(3)18-23(24)32/h6,8-9,11-12,16,23-24,36-37H,4-5,13-15,17-19H2,1-3H3/t23-,24-/m1/s1. The molecule has 1 saturated heterocycles. The molecule has 2 aromatic carbocycles. The highest BCUT2D eigenvalue weighted by molar-refractivity contribution is 7.71. The van der Waals surface area contributed by atoms with E-state index in [9.17, 15) is 26.5 Å². The minimum Gasteiger partial charge on any atom is -0.461 e. The zero-order chi connectivity index (χ0) is 30.5. The number of fused-ring (bicyclic) bond motifs is 1.